The van der Waals surface area contributed by atoms with E-state index in [4.69, 9.17) is 40.5 Å². The van der Waals surface area contributed by atoms with Crippen LogP contribution in [0.5, 0.6) is 6.01 Å². The first-order chi connectivity index (χ1) is 21.9. The van der Waals surface area contributed by atoms with E-state index in [0.29, 0.717) is 44.5 Å². The Bertz CT molecular complexity index is 1860. The summed E-state index contributed by atoms with van der Waals surface area (Å²) in [5.41, 5.74) is 2.46. The minimum atomic E-state index is -2.91. The van der Waals surface area contributed by atoms with Gasteiger partial charge in [-0.15, -0.1) is 0 Å². The topological polar surface area (TPSA) is 134 Å². The van der Waals surface area contributed by atoms with Crippen molar-refractivity contribution < 1.29 is 33.1 Å². The molecule has 46 heavy (non-hydrogen) atoms. The number of fused-ring (bicyclic) bond motifs is 2. The summed E-state index contributed by atoms with van der Waals surface area (Å²) in [6.07, 6.45) is -0.573. The number of amides is 1. The lowest BCUT2D eigenvalue weighted by Gasteiger charge is -2.19. The van der Waals surface area contributed by atoms with Gasteiger partial charge in [0.15, 0.2) is 11.8 Å². The molecule has 4 heterocycles. The smallest absolute Gasteiger partial charge is 0.301 e. The molecule has 2 saturated heterocycles. The Morgan fingerprint density at radius 1 is 1.09 bits per heavy atom. The molecule has 1 N–H and O–H groups in total. The molecule has 0 saturated carbocycles. The number of imidazole rings is 1. The Hall–Kier alpha value is -3.17. The summed E-state index contributed by atoms with van der Waals surface area (Å²) in [6.45, 7) is 8.04. The van der Waals surface area contributed by atoms with Crippen LogP contribution in [0.1, 0.15) is 10.4 Å². The highest BCUT2D eigenvalue weighted by atomic mass is 35.5. The average molecular weight is 685 g/mol. The SMILES string of the molecule is C[Si](C)(C)CCOCn1c(O[C@@H]2CO[C@H]3[C@@H]2OC[C@H]3O)nc2cc(Cl)c(-c3ccc(C(=O)N=[S@](C)(=O)c4ccccc4)cc3)nc21. The second-order valence-electron chi connectivity index (χ2n) is 12.7. The van der Waals surface area contributed by atoms with Crippen LogP contribution in [0.25, 0.3) is 22.4 Å². The Morgan fingerprint density at radius 3 is 2.52 bits per heavy atom. The molecule has 0 bridgehead atoms. The lowest BCUT2D eigenvalue weighted by Crippen LogP contribution is -2.35. The molecule has 2 aromatic carbocycles. The highest BCUT2D eigenvalue weighted by Gasteiger charge is 2.49. The molecular weight excluding hydrogens is 648 g/mol. The van der Waals surface area contributed by atoms with Gasteiger partial charge in [-0.25, -0.2) is 9.19 Å². The molecule has 5 atom stereocenters. The fraction of sp³-hybridized carbons (Fsp3) is 0.406. The van der Waals surface area contributed by atoms with Crippen LogP contribution in [0.15, 0.2) is 69.9 Å². The van der Waals surface area contributed by atoms with E-state index in [1.54, 1.807) is 59.2 Å². The van der Waals surface area contributed by atoms with Gasteiger partial charge in [0.2, 0.25) is 0 Å². The van der Waals surface area contributed by atoms with Crippen molar-refractivity contribution in [3.05, 3.63) is 71.2 Å². The predicted molar refractivity (Wildman–Crippen MR) is 178 cm³/mol. The minimum absolute atomic E-state index is 0.155. The number of pyridine rings is 1. The molecule has 0 aliphatic carbocycles. The van der Waals surface area contributed by atoms with Crippen LogP contribution >= 0.6 is 11.6 Å². The van der Waals surface area contributed by atoms with E-state index in [2.05, 4.69) is 24.0 Å². The maximum absolute atomic E-state index is 13.1. The van der Waals surface area contributed by atoms with E-state index in [1.807, 2.05) is 6.07 Å². The third-order valence-electron chi connectivity index (χ3n) is 7.94. The first kappa shape index (κ1) is 32.8. The number of rotatable bonds is 10. The van der Waals surface area contributed by atoms with Crippen LogP contribution in [0.2, 0.25) is 30.7 Å². The molecule has 2 aliphatic heterocycles. The highest BCUT2D eigenvalue weighted by Crippen LogP contribution is 2.34. The van der Waals surface area contributed by atoms with Crippen molar-refractivity contribution in [3.63, 3.8) is 0 Å². The third-order valence-corrected chi connectivity index (χ3v) is 11.6. The number of aliphatic hydroxyl groups excluding tert-OH is 1. The zero-order valence-electron chi connectivity index (χ0n) is 26.1. The van der Waals surface area contributed by atoms with Crippen molar-refractivity contribution in [2.24, 2.45) is 4.36 Å². The number of benzene rings is 2. The van der Waals surface area contributed by atoms with Crippen molar-refractivity contribution in [1.29, 1.82) is 0 Å². The van der Waals surface area contributed by atoms with Crippen LogP contribution < -0.4 is 4.74 Å². The number of aromatic nitrogens is 3. The zero-order chi connectivity index (χ0) is 32.6. The van der Waals surface area contributed by atoms with Crippen molar-refractivity contribution in [2.45, 2.75) is 61.7 Å². The van der Waals surface area contributed by atoms with E-state index in [0.717, 1.165) is 6.04 Å². The molecule has 0 unspecified atom stereocenters. The summed E-state index contributed by atoms with van der Waals surface area (Å²) < 4.78 is 42.8. The van der Waals surface area contributed by atoms with Gasteiger partial charge in [0.25, 0.3) is 5.91 Å². The highest BCUT2D eigenvalue weighted by molar-refractivity contribution is 7.93. The van der Waals surface area contributed by atoms with Crippen molar-refractivity contribution in [3.8, 4) is 17.3 Å². The van der Waals surface area contributed by atoms with Gasteiger partial charge in [-0.2, -0.15) is 9.35 Å². The Balaban J connectivity index is 1.29. The van der Waals surface area contributed by atoms with Gasteiger partial charge < -0.3 is 24.1 Å². The van der Waals surface area contributed by atoms with Crippen LogP contribution in [0.4, 0.5) is 0 Å². The van der Waals surface area contributed by atoms with Gasteiger partial charge in [-0.1, -0.05) is 61.6 Å². The summed E-state index contributed by atoms with van der Waals surface area (Å²) in [5, 5.41) is 10.5. The van der Waals surface area contributed by atoms with E-state index in [-0.39, 0.29) is 26.0 Å². The monoisotopic (exact) mass is 684 g/mol. The fourth-order valence-corrected chi connectivity index (χ4v) is 7.54. The summed E-state index contributed by atoms with van der Waals surface area (Å²) in [6, 6.07) is 18.4. The van der Waals surface area contributed by atoms with Crippen LogP contribution in [-0.2, 0) is 30.7 Å². The minimum Gasteiger partial charge on any atom is -0.456 e. The molecular formula is C32H37ClN4O7SSi. The number of nitrogens with zero attached hydrogens (tertiary/aromatic N) is 4. The van der Waals surface area contributed by atoms with E-state index in [9.17, 15) is 14.1 Å². The predicted octanol–water partition coefficient (Wildman–Crippen LogP) is 5.27. The van der Waals surface area contributed by atoms with Crippen LogP contribution in [-0.4, -0.2) is 88.3 Å². The zero-order valence-corrected chi connectivity index (χ0v) is 28.7. The third kappa shape index (κ3) is 7.05. The fourth-order valence-electron chi connectivity index (χ4n) is 5.34. The summed E-state index contributed by atoms with van der Waals surface area (Å²) in [4.78, 5) is 23.0. The molecule has 14 heteroatoms. The maximum atomic E-state index is 13.1. The first-order valence-corrected chi connectivity index (χ1v) is 21.0. The number of halogens is 1. The van der Waals surface area contributed by atoms with Gasteiger partial charge in [-0.3, -0.25) is 9.36 Å². The summed E-state index contributed by atoms with van der Waals surface area (Å²) in [5.74, 6) is -0.579. The van der Waals surface area contributed by atoms with Gasteiger partial charge in [0.05, 0.1) is 33.7 Å². The quantitative estimate of drug-likeness (QED) is 0.175. The molecule has 0 radical (unpaired) electrons. The Morgan fingerprint density at radius 2 is 1.80 bits per heavy atom. The molecule has 2 aromatic heterocycles. The molecule has 2 fully saturated rings. The number of aliphatic hydroxyl groups is 1. The molecule has 11 nitrogen and oxygen atoms in total. The second kappa shape index (κ2) is 13.1. The average Bonchev–Trinajstić information content (AvgIpc) is 3.69. The Kier molecular flexibility index (Phi) is 9.36. The molecule has 1 amide bonds. The lowest BCUT2D eigenvalue weighted by molar-refractivity contribution is 0.00336. The number of carbonyl (C=O) groups is 1. The van der Waals surface area contributed by atoms with Crippen LogP contribution in [0, 0.1) is 0 Å². The maximum Gasteiger partial charge on any atom is 0.301 e. The van der Waals surface area contributed by atoms with E-state index >= 15 is 0 Å². The van der Waals surface area contributed by atoms with E-state index in [1.165, 1.54) is 6.26 Å². The van der Waals surface area contributed by atoms with Gasteiger partial charge in [0.1, 0.15) is 30.6 Å². The molecule has 4 aromatic rings. The lowest BCUT2D eigenvalue weighted by atomic mass is 10.1. The number of ether oxygens (including phenoxy) is 4. The Labute approximate surface area is 274 Å². The van der Waals surface area contributed by atoms with E-state index < -0.39 is 48.1 Å². The van der Waals surface area contributed by atoms with Crippen LogP contribution in [0.3, 0.4) is 0 Å². The number of hydrogen-bond acceptors (Lipinski definition) is 9. The van der Waals surface area contributed by atoms with Gasteiger partial charge in [0, 0.05) is 37.0 Å². The molecule has 244 valence electrons. The molecule has 2 aliphatic rings. The van der Waals surface area contributed by atoms with Crippen molar-refractivity contribution in [2.75, 3.05) is 26.1 Å². The first-order valence-electron chi connectivity index (χ1n) is 15.0. The van der Waals surface area contributed by atoms with Gasteiger partial charge >= 0.3 is 6.01 Å². The molecule has 6 rings (SSSR count). The summed E-state index contributed by atoms with van der Waals surface area (Å²) in [7, 11) is -4.22. The van der Waals surface area contributed by atoms with Crippen molar-refractivity contribution in [1.82, 2.24) is 14.5 Å². The van der Waals surface area contributed by atoms with Gasteiger partial charge in [-0.05, 0) is 36.4 Å². The standard InChI is InChI=1S/C32H37ClN4O7SSi/c1-45(40,22-8-6-5-7-9-22)36-31(39)21-12-10-20(11-13-21)27-23(33)16-24-30(35-27)37(19-41-14-15-46(2,3)4)32(34-24)44-26-18-43-28-25(38)17-42-29(26)28/h5-13,16,25-26,28-29,38H,14-15,17-19H2,1-4H3/t25-,26-,28-,29-,45-/m1/s1. The number of hydrogen-bond donors (Lipinski definition) is 1. The molecule has 0 spiro atoms. The second-order valence-corrected chi connectivity index (χ2v) is 21.0. The number of carbonyl (C=O) groups excluding carboxylic acids is 1. The van der Waals surface area contributed by atoms with Crippen molar-refractivity contribution >= 4 is 46.5 Å². The normalized spacial score (nSPS) is 22.5. The largest absolute Gasteiger partial charge is 0.456 e. The summed E-state index contributed by atoms with van der Waals surface area (Å²) >= 11 is 6.72.